The maximum atomic E-state index is 14.3. The number of hydrogen-bond donors (Lipinski definition) is 2. The van der Waals surface area contributed by atoms with Gasteiger partial charge in [0, 0.05) is 48.5 Å². The Morgan fingerprint density at radius 2 is 1.57 bits per heavy atom. The smallest absolute Gasteiger partial charge is 0.306 e. The minimum Gasteiger partial charge on any atom is -0.481 e. The Kier molecular flexibility index (Phi) is 12.7. The molecule has 8 nitrogen and oxygen atoms in total. The first kappa shape index (κ1) is 45.3. The molecule has 9 heteroatoms. The third kappa shape index (κ3) is 7.99. The first-order valence-electron chi connectivity index (χ1n) is 22.4. The number of aliphatic hydroxyl groups excluding tert-OH is 1. The molecular weight excluding hydrogens is 748 g/mol. The molecule has 5 aliphatic rings. The Morgan fingerprint density at radius 3 is 2.19 bits per heavy atom. The zero-order valence-electron chi connectivity index (χ0n) is 37.7. The fourth-order valence-corrected chi connectivity index (χ4v) is 14.3. The summed E-state index contributed by atoms with van der Waals surface area (Å²) in [5, 5.41) is 22.8. The summed E-state index contributed by atoms with van der Waals surface area (Å²) in [5.74, 6) is 0.272. The van der Waals surface area contributed by atoms with Crippen molar-refractivity contribution in [1.29, 1.82) is 0 Å². The normalized spacial score (nSPS) is 35.1. The summed E-state index contributed by atoms with van der Waals surface area (Å²) in [6.45, 7) is 23.2. The average Bonchev–Trinajstić information content (AvgIpc) is 3.42. The van der Waals surface area contributed by atoms with Crippen molar-refractivity contribution < 1.29 is 29.3 Å². The van der Waals surface area contributed by atoms with Gasteiger partial charge in [-0.2, -0.15) is 0 Å². The number of hydrogen-bond acceptors (Lipinski definition) is 7. The number of rotatable bonds is 14. The van der Waals surface area contributed by atoms with E-state index in [1.54, 1.807) is 0 Å². The maximum Gasteiger partial charge on any atom is 0.306 e. The second-order valence-electron chi connectivity index (χ2n) is 22.3. The largest absolute Gasteiger partial charge is 0.481 e. The number of likely N-dealkylation sites (N-methyl/N-ethyl adjacent to an activating group) is 1. The van der Waals surface area contributed by atoms with E-state index in [-0.39, 0.29) is 64.2 Å². The van der Waals surface area contributed by atoms with Crippen molar-refractivity contribution in [1.82, 2.24) is 9.80 Å². The van der Waals surface area contributed by atoms with E-state index in [1.807, 2.05) is 26.0 Å². The molecule has 1 aromatic carbocycles. The highest BCUT2D eigenvalue weighted by atomic mass is 35.5. The van der Waals surface area contributed by atoms with Gasteiger partial charge in [0.1, 0.15) is 6.10 Å². The van der Waals surface area contributed by atoms with Gasteiger partial charge in [-0.1, -0.05) is 91.6 Å². The summed E-state index contributed by atoms with van der Waals surface area (Å²) in [4.78, 5) is 43.7. The highest BCUT2D eigenvalue weighted by Gasteiger charge is 2.71. The molecule has 1 aromatic rings. The van der Waals surface area contributed by atoms with Gasteiger partial charge < -0.3 is 19.8 Å². The van der Waals surface area contributed by atoms with Gasteiger partial charge in [-0.15, -0.1) is 0 Å². The van der Waals surface area contributed by atoms with E-state index in [2.05, 4.69) is 84.5 Å². The van der Waals surface area contributed by atoms with Gasteiger partial charge >= 0.3 is 11.9 Å². The van der Waals surface area contributed by atoms with Crippen molar-refractivity contribution >= 4 is 29.3 Å². The van der Waals surface area contributed by atoms with E-state index in [9.17, 15) is 24.6 Å². The molecule has 0 amide bonds. The number of fused-ring (bicyclic) bond motifs is 7. The fourth-order valence-electron chi connectivity index (χ4n) is 14.2. The molecule has 0 aromatic heterocycles. The molecule has 4 saturated carbocycles. The van der Waals surface area contributed by atoms with Crippen LogP contribution in [0, 0.1) is 56.2 Å². The van der Waals surface area contributed by atoms with E-state index in [0.29, 0.717) is 36.4 Å². The molecule has 9 atom stereocenters. The van der Waals surface area contributed by atoms with Crippen LogP contribution in [0.3, 0.4) is 0 Å². The number of carboxylic acid groups (broad SMARTS) is 1. The lowest BCUT2D eigenvalue weighted by Gasteiger charge is -2.72. The third-order valence-electron chi connectivity index (χ3n) is 17.2. The molecular formula is C49H75ClN2O6. The summed E-state index contributed by atoms with van der Waals surface area (Å²) >= 11 is 6.25. The monoisotopic (exact) mass is 823 g/mol. The van der Waals surface area contributed by atoms with Crippen molar-refractivity contribution in [3.05, 3.63) is 46.0 Å². The van der Waals surface area contributed by atoms with Gasteiger partial charge in [-0.3, -0.25) is 19.3 Å². The summed E-state index contributed by atoms with van der Waals surface area (Å²) in [7, 11) is 4.17. The van der Waals surface area contributed by atoms with Gasteiger partial charge in [-0.05, 0) is 134 Å². The zero-order chi connectivity index (χ0) is 42.8. The summed E-state index contributed by atoms with van der Waals surface area (Å²) in [5.41, 5.74) is 2.13. The second kappa shape index (κ2) is 16.2. The van der Waals surface area contributed by atoms with Crippen LogP contribution in [0.25, 0.3) is 0 Å². The Labute approximate surface area is 354 Å². The lowest BCUT2D eigenvalue weighted by Crippen LogP contribution is -2.66. The molecule has 0 radical (unpaired) electrons. The number of carbonyl (C=O) groups is 3. The SMILES string of the molecule is CC(C)C1=C2[C@H]3CC[C@@H]4[C@@]5(C)CC[C@H](OC(=O)CC(C)(C)CC(=O)O)C(C)(C)[C@@H]5CC[C@@]4(C)[C@]3(C)CC[C@@]2([C@@H](O)CN(CCN(C)C)Cc2ccc(Cl)cc2)CC1=O. The first-order valence-corrected chi connectivity index (χ1v) is 22.8. The molecule has 0 spiro atoms. The standard InChI is InChI=1S/C49H75ClN2O6/c1-31(2)42-35(53)26-49(38(54)30-52(25-24-51(10)11)29-32-12-14-33(50)15-13-32)23-22-47(8)34(43(42)49)16-17-37-46(7)20-19-39(45(5,6)36(46)18-21-48(37,47)9)58-41(57)28-44(3,4)27-40(55)56/h12-15,31,34,36-39,54H,16-30H2,1-11H3,(H,55,56)/t34-,36+,37-,38+,39+,46+,47-,48-,49+/m1/s1. The topological polar surface area (TPSA) is 107 Å². The van der Waals surface area contributed by atoms with Crippen LogP contribution in [0.15, 0.2) is 35.4 Å². The minimum absolute atomic E-state index is 0.0235. The van der Waals surface area contributed by atoms with Crippen molar-refractivity contribution in [2.45, 2.75) is 152 Å². The number of Topliss-reactive ketones (excluding diaryl/α,β-unsaturated/α-hetero) is 1. The molecule has 5 aliphatic carbocycles. The lowest BCUT2D eigenvalue weighted by atomic mass is 9.33. The van der Waals surface area contributed by atoms with Crippen LogP contribution < -0.4 is 0 Å². The van der Waals surface area contributed by atoms with E-state index in [4.69, 9.17) is 16.3 Å². The highest BCUT2D eigenvalue weighted by Crippen LogP contribution is 2.77. The lowest BCUT2D eigenvalue weighted by molar-refractivity contribution is -0.235. The molecule has 6 rings (SSSR count). The molecule has 2 N–H and O–H groups in total. The Hall–Kier alpha value is -2.26. The number of benzene rings is 1. The molecule has 0 bridgehead atoms. The van der Waals surface area contributed by atoms with Crippen LogP contribution in [0.2, 0.25) is 5.02 Å². The van der Waals surface area contributed by atoms with E-state index >= 15 is 0 Å². The molecule has 4 fully saturated rings. The van der Waals surface area contributed by atoms with Gasteiger partial charge in [0.15, 0.2) is 5.78 Å². The number of carbonyl (C=O) groups excluding carboxylic acids is 2. The number of aliphatic carboxylic acids is 1. The highest BCUT2D eigenvalue weighted by molar-refractivity contribution is 6.30. The minimum atomic E-state index is -0.899. The van der Waals surface area contributed by atoms with E-state index in [1.165, 1.54) is 5.57 Å². The van der Waals surface area contributed by atoms with Crippen molar-refractivity contribution in [2.24, 2.45) is 56.2 Å². The van der Waals surface area contributed by atoms with Crippen LogP contribution in [0.4, 0.5) is 0 Å². The molecule has 58 heavy (non-hydrogen) atoms. The van der Waals surface area contributed by atoms with E-state index < -0.39 is 22.9 Å². The average molecular weight is 824 g/mol. The van der Waals surface area contributed by atoms with Crippen LogP contribution in [-0.2, 0) is 25.7 Å². The van der Waals surface area contributed by atoms with E-state index in [0.717, 1.165) is 75.6 Å². The summed E-state index contributed by atoms with van der Waals surface area (Å²) in [6, 6.07) is 8.01. The number of esters is 1. The third-order valence-corrected chi connectivity index (χ3v) is 17.5. The predicted octanol–water partition coefficient (Wildman–Crippen LogP) is 9.85. The van der Waals surface area contributed by atoms with Crippen molar-refractivity contribution in [2.75, 3.05) is 33.7 Å². The number of aliphatic hydroxyl groups is 1. The molecule has 0 unspecified atom stereocenters. The van der Waals surface area contributed by atoms with Gasteiger partial charge in [0.25, 0.3) is 0 Å². The predicted molar refractivity (Wildman–Crippen MR) is 231 cm³/mol. The van der Waals surface area contributed by atoms with Crippen LogP contribution in [0.1, 0.15) is 139 Å². The molecule has 0 aliphatic heterocycles. The molecule has 324 valence electrons. The van der Waals surface area contributed by atoms with Crippen LogP contribution in [0.5, 0.6) is 0 Å². The van der Waals surface area contributed by atoms with Crippen LogP contribution >= 0.6 is 11.6 Å². The van der Waals surface area contributed by atoms with Gasteiger partial charge in [-0.25, -0.2) is 0 Å². The number of ketones is 1. The fraction of sp³-hybridized carbons (Fsp3) is 0.776. The number of nitrogens with zero attached hydrogens (tertiary/aromatic N) is 2. The van der Waals surface area contributed by atoms with Crippen molar-refractivity contribution in [3.63, 3.8) is 0 Å². The molecule has 0 heterocycles. The number of halogens is 1. The van der Waals surface area contributed by atoms with Crippen LogP contribution in [-0.4, -0.2) is 83.7 Å². The number of carboxylic acids is 1. The van der Waals surface area contributed by atoms with Crippen molar-refractivity contribution in [3.8, 4) is 0 Å². The first-order chi connectivity index (χ1) is 26.9. The number of ether oxygens (including phenoxy) is 1. The quantitative estimate of drug-likeness (QED) is 0.179. The Bertz CT molecular complexity index is 1750. The maximum absolute atomic E-state index is 14.3. The zero-order valence-corrected chi connectivity index (χ0v) is 38.4. The summed E-state index contributed by atoms with van der Waals surface area (Å²) < 4.78 is 6.30. The summed E-state index contributed by atoms with van der Waals surface area (Å²) in [6.07, 6.45) is 7.47. The second-order valence-corrected chi connectivity index (χ2v) is 22.7. The van der Waals surface area contributed by atoms with Gasteiger partial charge in [0.2, 0.25) is 0 Å². The Balaban J connectivity index is 1.27. The Morgan fingerprint density at radius 1 is 0.897 bits per heavy atom. The molecule has 0 saturated heterocycles. The van der Waals surface area contributed by atoms with Gasteiger partial charge in [0.05, 0.1) is 18.9 Å². The number of allylic oxidation sites excluding steroid dienone is 1.